The summed E-state index contributed by atoms with van der Waals surface area (Å²) in [6.07, 6.45) is 5.65. The second kappa shape index (κ2) is 6.26. The van der Waals surface area contributed by atoms with E-state index in [4.69, 9.17) is 17.3 Å². The third-order valence-corrected chi connectivity index (χ3v) is 3.98. The Kier molecular flexibility index (Phi) is 4.65. The van der Waals surface area contributed by atoms with Gasteiger partial charge >= 0.3 is 5.97 Å². The molecule has 3 N–H and O–H groups in total. The maximum atomic E-state index is 12.2. The first kappa shape index (κ1) is 14.8. The van der Waals surface area contributed by atoms with E-state index >= 15 is 0 Å². The van der Waals surface area contributed by atoms with Gasteiger partial charge in [-0.25, -0.2) is 9.78 Å². The molecule has 1 aliphatic heterocycles. The zero-order valence-electron chi connectivity index (χ0n) is 11.1. The Hall–Kier alpha value is -1.56. The fourth-order valence-corrected chi connectivity index (χ4v) is 2.92. The molecule has 20 heavy (non-hydrogen) atoms. The number of carbonyl (C=O) groups is 1. The van der Waals surface area contributed by atoms with Crippen LogP contribution in [0.4, 0.5) is 5.82 Å². The predicted molar refractivity (Wildman–Crippen MR) is 76.0 cm³/mol. The Labute approximate surface area is 121 Å². The molecule has 0 radical (unpaired) electrons. The van der Waals surface area contributed by atoms with Crippen molar-refractivity contribution in [1.82, 2.24) is 9.55 Å². The van der Waals surface area contributed by atoms with Gasteiger partial charge in [0.15, 0.2) is 11.0 Å². The van der Waals surface area contributed by atoms with Gasteiger partial charge in [0.1, 0.15) is 6.04 Å². The molecule has 0 saturated heterocycles. The zero-order chi connectivity index (χ0) is 14.7. The van der Waals surface area contributed by atoms with Crippen LogP contribution < -0.4 is 11.3 Å². The van der Waals surface area contributed by atoms with Gasteiger partial charge in [-0.15, -0.1) is 0 Å². The largest absolute Gasteiger partial charge is 0.480 e. The number of fused-ring (bicyclic) bond motifs is 1. The SMILES string of the molecule is Nc1nc(Cl)c2n(c1=O)C(C(=O)O)CCCCCCC2. The molecule has 7 heteroatoms. The second-order valence-electron chi connectivity index (χ2n) is 5.07. The van der Waals surface area contributed by atoms with E-state index in [0.717, 1.165) is 32.1 Å². The van der Waals surface area contributed by atoms with E-state index < -0.39 is 17.6 Å². The minimum absolute atomic E-state index is 0.133. The number of nitrogen functional groups attached to an aromatic ring is 1. The molecule has 2 rings (SSSR count). The number of hydrogen-bond acceptors (Lipinski definition) is 4. The van der Waals surface area contributed by atoms with Crippen molar-refractivity contribution in [1.29, 1.82) is 0 Å². The summed E-state index contributed by atoms with van der Waals surface area (Å²) in [5, 5.41) is 9.54. The third kappa shape index (κ3) is 2.95. The summed E-state index contributed by atoms with van der Waals surface area (Å²) < 4.78 is 1.23. The Morgan fingerprint density at radius 1 is 1.30 bits per heavy atom. The highest BCUT2D eigenvalue weighted by atomic mass is 35.5. The molecule has 2 heterocycles. The van der Waals surface area contributed by atoms with Crippen LogP contribution in [-0.4, -0.2) is 20.6 Å². The average Bonchev–Trinajstić information content (AvgIpc) is 2.40. The van der Waals surface area contributed by atoms with Crippen LogP contribution in [0.1, 0.15) is 50.3 Å². The lowest BCUT2D eigenvalue weighted by molar-refractivity contribution is -0.141. The van der Waals surface area contributed by atoms with Crippen LogP contribution in [0, 0.1) is 0 Å². The maximum Gasteiger partial charge on any atom is 0.326 e. The second-order valence-corrected chi connectivity index (χ2v) is 5.43. The number of aromatic nitrogens is 2. The zero-order valence-corrected chi connectivity index (χ0v) is 11.9. The molecule has 6 nitrogen and oxygen atoms in total. The van der Waals surface area contributed by atoms with Crippen LogP contribution in [0.15, 0.2) is 4.79 Å². The summed E-state index contributed by atoms with van der Waals surface area (Å²) in [7, 11) is 0. The third-order valence-electron chi connectivity index (χ3n) is 3.67. The van der Waals surface area contributed by atoms with Crippen LogP contribution in [0.3, 0.4) is 0 Å². The van der Waals surface area contributed by atoms with Crippen LogP contribution in [0.5, 0.6) is 0 Å². The molecule has 0 fully saturated rings. The fraction of sp³-hybridized carbons (Fsp3) is 0.615. The molecule has 1 aromatic heterocycles. The first-order valence-corrected chi connectivity index (χ1v) is 7.19. The number of halogens is 1. The molecule has 0 amide bonds. The summed E-state index contributed by atoms with van der Waals surface area (Å²) in [6, 6.07) is -0.918. The van der Waals surface area contributed by atoms with Crippen molar-refractivity contribution in [2.24, 2.45) is 0 Å². The Balaban J connectivity index is 2.59. The van der Waals surface area contributed by atoms with Crippen LogP contribution in [0.2, 0.25) is 5.15 Å². The highest BCUT2D eigenvalue weighted by Crippen LogP contribution is 2.25. The summed E-state index contributed by atoms with van der Waals surface area (Å²) in [5.41, 5.74) is 5.47. The van der Waals surface area contributed by atoms with Gasteiger partial charge in [0.25, 0.3) is 5.56 Å². The van der Waals surface area contributed by atoms with Crippen molar-refractivity contribution in [2.45, 2.75) is 51.0 Å². The fourth-order valence-electron chi connectivity index (χ4n) is 2.64. The molecule has 1 unspecified atom stereocenters. The number of hydrogen-bond donors (Lipinski definition) is 2. The van der Waals surface area contributed by atoms with Gasteiger partial charge in [-0.1, -0.05) is 37.3 Å². The number of rotatable bonds is 1. The first-order chi connectivity index (χ1) is 9.52. The quantitative estimate of drug-likeness (QED) is 0.826. The van der Waals surface area contributed by atoms with Crippen LogP contribution >= 0.6 is 11.6 Å². The lowest BCUT2D eigenvalue weighted by Crippen LogP contribution is -2.35. The van der Waals surface area contributed by atoms with E-state index in [9.17, 15) is 14.7 Å². The average molecular weight is 300 g/mol. The summed E-state index contributed by atoms with van der Waals surface area (Å²) in [6.45, 7) is 0. The van der Waals surface area contributed by atoms with Crippen molar-refractivity contribution in [3.8, 4) is 0 Å². The van der Waals surface area contributed by atoms with Crippen molar-refractivity contribution >= 4 is 23.4 Å². The van der Waals surface area contributed by atoms with Gasteiger partial charge in [-0.05, 0) is 19.3 Å². The van der Waals surface area contributed by atoms with Crippen molar-refractivity contribution in [2.75, 3.05) is 5.73 Å². The van der Waals surface area contributed by atoms with E-state index in [0.29, 0.717) is 18.5 Å². The number of carboxylic acids is 1. The molecular weight excluding hydrogens is 282 g/mol. The number of aliphatic carboxylic acids is 1. The molecule has 1 aliphatic rings. The highest BCUT2D eigenvalue weighted by molar-refractivity contribution is 6.30. The smallest absolute Gasteiger partial charge is 0.326 e. The normalized spacial score (nSPS) is 20.1. The van der Waals surface area contributed by atoms with E-state index in [1.807, 2.05) is 0 Å². The molecule has 0 aromatic carbocycles. The lowest BCUT2D eigenvalue weighted by atomic mass is 10.0. The molecule has 0 aliphatic carbocycles. The first-order valence-electron chi connectivity index (χ1n) is 6.81. The van der Waals surface area contributed by atoms with Gasteiger partial charge in [0.05, 0.1) is 5.69 Å². The minimum atomic E-state index is -1.03. The minimum Gasteiger partial charge on any atom is -0.480 e. The lowest BCUT2D eigenvalue weighted by Gasteiger charge is -2.22. The van der Waals surface area contributed by atoms with Crippen molar-refractivity contribution < 1.29 is 9.90 Å². The molecule has 0 saturated carbocycles. The van der Waals surface area contributed by atoms with E-state index in [-0.39, 0.29) is 11.0 Å². The standard InChI is InChI=1S/C13H18ClN3O3/c14-10-8-6-4-2-1-3-5-7-9(13(19)20)17(8)12(18)11(15)16-10/h9H,1-7H2,(H2,15,16)(H,19,20). The summed E-state index contributed by atoms with van der Waals surface area (Å²) in [5.74, 6) is -1.28. The Morgan fingerprint density at radius 2 is 1.95 bits per heavy atom. The van der Waals surface area contributed by atoms with Gasteiger partial charge < -0.3 is 10.8 Å². The molecule has 1 aromatic rings. The van der Waals surface area contributed by atoms with E-state index in [1.54, 1.807) is 0 Å². The summed E-state index contributed by atoms with van der Waals surface area (Å²) in [4.78, 5) is 27.5. The molecule has 1 atom stereocenters. The molecule has 0 bridgehead atoms. The molecular formula is C13H18ClN3O3. The number of carboxylic acid groups (broad SMARTS) is 1. The van der Waals surface area contributed by atoms with Gasteiger partial charge in [0.2, 0.25) is 0 Å². The van der Waals surface area contributed by atoms with Crippen molar-refractivity contribution in [3.63, 3.8) is 0 Å². The number of nitrogens with zero attached hydrogens (tertiary/aromatic N) is 2. The molecule has 0 spiro atoms. The van der Waals surface area contributed by atoms with Gasteiger partial charge in [0, 0.05) is 0 Å². The van der Waals surface area contributed by atoms with Crippen LogP contribution in [0.25, 0.3) is 0 Å². The highest BCUT2D eigenvalue weighted by Gasteiger charge is 2.26. The Morgan fingerprint density at radius 3 is 2.65 bits per heavy atom. The van der Waals surface area contributed by atoms with Crippen LogP contribution in [-0.2, 0) is 11.2 Å². The van der Waals surface area contributed by atoms with Gasteiger partial charge in [-0.2, -0.15) is 0 Å². The monoisotopic (exact) mass is 299 g/mol. The van der Waals surface area contributed by atoms with E-state index in [1.165, 1.54) is 4.57 Å². The van der Waals surface area contributed by atoms with Crippen molar-refractivity contribution in [3.05, 3.63) is 21.2 Å². The van der Waals surface area contributed by atoms with E-state index in [2.05, 4.69) is 4.98 Å². The number of nitrogens with two attached hydrogens (primary N) is 1. The molecule has 110 valence electrons. The maximum absolute atomic E-state index is 12.2. The Bertz CT molecular complexity index is 571. The predicted octanol–water partition coefficient (Wildman–Crippen LogP) is 2.00. The topological polar surface area (TPSA) is 98.2 Å². The number of anilines is 1. The van der Waals surface area contributed by atoms with Gasteiger partial charge in [-0.3, -0.25) is 9.36 Å². The summed E-state index contributed by atoms with van der Waals surface area (Å²) >= 11 is 6.07.